The van der Waals surface area contributed by atoms with Gasteiger partial charge in [-0.05, 0) is 6.42 Å². The molecule has 6 heteroatoms. The van der Waals surface area contributed by atoms with Gasteiger partial charge in [-0.2, -0.15) is 0 Å². The minimum atomic E-state index is -1.40. The Morgan fingerprint density at radius 2 is 1.29 bits per heavy atom. The van der Waals surface area contributed by atoms with E-state index in [1.54, 1.807) is 0 Å². The van der Waals surface area contributed by atoms with E-state index in [2.05, 4.69) is 0 Å². The largest absolute Gasteiger partial charge is 0.394 e. The molecule has 1 aliphatic carbocycles. The van der Waals surface area contributed by atoms with Crippen LogP contribution in [-0.2, 0) is 0 Å². The SMILES string of the molecule is OCC(O)CC1C(O)C(O)C(O)C1O. The van der Waals surface area contributed by atoms with E-state index >= 15 is 0 Å². The van der Waals surface area contributed by atoms with Gasteiger partial charge in [0.05, 0.1) is 24.9 Å². The molecule has 5 atom stereocenters. The van der Waals surface area contributed by atoms with Crippen LogP contribution >= 0.6 is 0 Å². The van der Waals surface area contributed by atoms with Crippen molar-refractivity contribution >= 4 is 0 Å². The maximum Gasteiger partial charge on any atom is 0.109 e. The molecule has 0 aromatic carbocycles. The van der Waals surface area contributed by atoms with Crippen molar-refractivity contribution in [1.82, 2.24) is 0 Å². The summed E-state index contributed by atoms with van der Waals surface area (Å²) in [5.41, 5.74) is 0. The van der Waals surface area contributed by atoms with Gasteiger partial charge in [0, 0.05) is 5.92 Å². The van der Waals surface area contributed by atoms with Crippen LogP contribution in [0.1, 0.15) is 6.42 Å². The van der Waals surface area contributed by atoms with Crippen molar-refractivity contribution in [3.63, 3.8) is 0 Å². The van der Waals surface area contributed by atoms with Gasteiger partial charge in [0.1, 0.15) is 12.2 Å². The summed E-state index contributed by atoms with van der Waals surface area (Å²) in [6.45, 7) is -0.484. The smallest absolute Gasteiger partial charge is 0.109 e. The van der Waals surface area contributed by atoms with E-state index in [0.717, 1.165) is 0 Å². The Labute approximate surface area is 81.1 Å². The van der Waals surface area contributed by atoms with E-state index < -0.39 is 43.0 Å². The van der Waals surface area contributed by atoms with Crippen LogP contribution in [-0.4, -0.2) is 67.8 Å². The molecule has 0 radical (unpaired) electrons. The Morgan fingerprint density at radius 1 is 0.857 bits per heavy atom. The summed E-state index contributed by atoms with van der Waals surface area (Å²) in [5, 5.41) is 54.8. The van der Waals surface area contributed by atoms with Crippen LogP contribution in [0.5, 0.6) is 0 Å². The van der Waals surface area contributed by atoms with Crippen LogP contribution in [0, 0.1) is 5.92 Å². The third-order valence-electron chi connectivity index (χ3n) is 2.68. The molecular formula is C8H16O6. The molecule has 0 aliphatic heterocycles. The fourth-order valence-electron chi connectivity index (χ4n) is 1.78. The van der Waals surface area contributed by atoms with Gasteiger partial charge in [-0.1, -0.05) is 0 Å². The molecule has 0 bridgehead atoms. The number of rotatable bonds is 3. The van der Waals surface area contributed by atoms with Gasteiger partial charge in [-0.3, -0.25) is 0 Å². The lowest BCUT2D eigenvalue weighted by Crippen LogP contribution is -2.32. The molecule has 0 heterocycles. The number of hydrogen-bond donors (Lipinski definition) is 6. The molecule has 1 saturated carbocycles. The normalized spacial score (nSPS) is 45.4. The first-order valence-electron chi connectivity index (χ1n) is 4.50. The van der Waals surface area contributed by atoms with Crippen molar-refractivity contribution in [3.05, 3.63) is 0 Å². The maximum absolute atomic E-state index is 9.38. The molecule has 84 valence electrons. The third-order valence-corrected chi connectivity index (χ3v) is 2.68. The molecule has 14 heavy (non-hydrogen) atoms. The van der Waals surface area contributed by atoms with Gasteiger partial charge in [-0.15, -0.1) is 0 Å². The quantitative estimate of drug-likeness (QED) is 0.290. The second kappa shape index (κ2) is 4.52. The fraction of sp³-hybridized carbons (Fsp3) is 1.00. The summed E-state index contributed by atoms with van der Waals surface area (Å²) in [5.74, 6) is -0.817. The highest BCUT2D eigenvalue weighted by atomic mass is 16.4. The van der Waals surface area contributed by atoms with Gasteiger partial charge in [0.15, 0.2) is 0 Å². The fourth-order valence-corrected chi connectivity index (χ4v) is 1.78. The molecule has 0 amide bonds. The maximum atomic E-state index is 9.38. The second-order valence-electron chi connectivity index (χ2n) is 3.70. The van der Waals surface area contributed by atoms with Gasteiger partial charge in [-0.25, -0.2) is 0 Å². The van der Waals surface area contributed by atoms with Crippen LogP contribution in [0.3, 0.4) is 0 Å². The van der Waals surface area contributed by atoms with Crippen LogP contribution in [0.15, 0.2) is 0 Å². The number of hydrogen-bond acceptors (Lipinski definition) is 6. The lowest BCUT2D eigenvalue weighted by atomic mass is 9.96. The zero-order chi connectivity index (χ0) is 10.9. The molecular weight excluding hydrogens is 192 g/mol. The lowest BCUT2D eigenvalue weighted by Gasteiger charge is -2.20. The molecule has 6 N–H and O–H groups in total. The van der Waals surface area contributed by atoms with Crippen LogP contribution in [0.25, 0.3) is 0 Å². The van der Waals surface area contributed by atoms with Crippen molar-refractivity contribution in [3.8, 4) is 0 Å². The summed E-state index contributed by atoms with van der Waals surface area (Å²) in [4.78, 5) is 0. The Kier molecular flexibility index (Phi) is 3.82. The number of aliphatic hydroxyl groups is 6. The molecule has 1 rings (SSSR count). The molecule has 0 aromatic heterocycles. The minimum absolute atomic E-state index is 0.0625. The molecule has 0 aromatic rings. The second-order valence-corrected chi connectivity index (χ2v) is 3.70. The molecule has 6 nitrogen and oxygen atoms in total. The Hall–Kier alpha value is -0.240. The van der Waals surface area contributed by atoms with Gasteiger partial charge in [0.25, 0.3) is 0 Å². The summed E-state index contributed by atoms with van der Waals surface area (Å²) < 4.78 is 0. The van der Waals surface area contributed by atoms with Gasteiger partial charge < -0.3 is 30.6 Å². The monoisotopic (exact) mass is 208 g/mol. The standard InChI is InChI=1S/C8H16O6/c9-2-3(10)1-4-5(11)7(13)8(14)6(4)12/h3-14H,1-2H2. The van der Waals surface area contributed by atoms with E-state index in [-0.39, 0.29) is 6.42 Å². The van der Waals surface area contributed by atoms with Crippen LogP contribution in [0.2, 0.25) is 0 Å². The first-order valence-corrected chi connectivity index (χ1v) is 4.50. The highest BCUT2D eigenvalue weighted by molar-refractivity contribution is 4.98. The topological polar surface area (TPSA) is 121 Å². The van der Waals surface area contributed by atoms with Crippen LogP contribution in [0.4, 0.5) is 0 Å². The minimum Gasteiger partial charge on any atom is -0.394 e. The molecule has 0 saturated heterocycles. The van der Waals surface area contributed by atoms with Crippen molar-refractivity contribution in [2.45, 2.75) is 36.9 Å². The highest BCUT2D eigenvalue weighted by Gasteiger charge is 2.48. The third kappa shape index (κ3) is 2.05. The van der Waals surface area contributed by atoms with Crippen molar-refractivity contribution in [1.29, 1.82) is 0 Å². The summed E-state index contributed by atoms with van der Waals surface area (Å²) >= 11 is 0. The van der Waals surface area contributed by atoms with Crippen molar-refractivity contribution < 1.29 is 30.6 Å². The average Bonchev–Trinajstić information content (AvgIpc) is 2.35. The number of aliphatic hydroxyl groups excluding tert-OH is 6. The Balaban J connectivity index is 2.60. The van der Waals surface area contributed by atoms with E-state index in [4.69, 9.17) is 10.2 Å². The first-order chi connectivity index (χ1) is 6.49. The zero-order valence-electron chi connectivity index (χ0n) is 7.56. The summed E-state index contributed by atoms with van der Waals surface area (Å²) in [6.07, 6.45) is -6.49. The molecule has 5 unspecified atom stereocenters. The van der Waals surface area contributed by atoms with E-state index in [1.807, 2.05) is 0 Å². The van der Waals surface area contributed by atoms with E-state index in [1.165, 1.54) is 0 Å². The van der Waals surface area contributed by atoms with E-state index in [0.29, 0.717) is 0 Å². The average molecular weight is 208 g/mol. The summed E-state index contributed by atoms with van der Waals surface area (Å²) in [7, 11) is 0. The summed E-state index contributed by atoms with van der Waals surface area (Å²) in [6, 6.07) is 0. The molecule has 0 spiro atoms. The predicted molar refractivity (Wildman–Crippen MR) is 45.2 cm³/mol. The van der Waals surface area contributed by atoms with Gasteiger partial charge >= 0.3 is 0 Å². The molecule has 1 aliphatic rings. The molecule has 1 fully saturated rings. The van der Waals surface area contributed by atoms with Gasteiger partial charge in [0.2, 0.25) is 0 Å². The Morgan fingerprint density at radius 3 is 1.64 bits per heavy atom. The van der Waals surface area contributed by atoms with E-state index in [9.17, 15) is 20.4 Å². The highest BCUT2D eigenvalue weighted by Crippen LogP contribution is 2.30. The lowest BCUT2D eigenvalue weighted by molar-refractivity contribution is -0.0413. The van der Waals surface area contributed by atoms with Crippen LogP contribution < -0.4 is 0 Å². The predicted octanol–water partition coefficient (Wildman–Crippen LogP) is -3.20. The zero-order valence-corrected chi connectivity index (χ0v) is 7.56. The van der Waals surface area contributed by atoms with Crippen molar-refractivity contribution in [2.75, 3.05) is 6.61 Å². The Bertz CT molecular complexity index is 173. The van der Waals surface area contributed by atoms with Crippen molar-refractivity contribution in [2.24, 2.45) is 5.92 Å². The first kappa shape index (κ1) is 11.8.